The smallest absolute Gasteiger partial charge is 0.232 e. The molecule has 0 fully saturated rings. The number of rotatable bonds is 5. The monoisotopic (exact) mass is 354 g/mol. The van der Waals surface area contributed by atoms with Crippen molar-refractivity contribution in [2.75, 3.05) is 5.32 Å². The summed E-state index contributed by atoms with van der Waals surface area (Å²) in [6, 6.07) is 17.1. The first-order chi connectivity index (χ1) is 11.7. The number of nitrogens with one attached hydrogen (secondary N) is 1. The Morgan fingerprint density at radius 2 is 1.64 bits per heavy atom. The van der Waals surface area contributed by atoms with Gasteiger partial charge in [-0.3, -0.25) is 4.79 Å². The lowest BCUT2D eigenvalue weighted by Gasteiger charge is -2.21. The highest BCUT2D eigenvalue weighted by Gasteiger charge is 2.25. The molecule has 0 heterocycles. The molecular weight excluding hydrogens is 332 g/mol. The zero-order valence-corrected chi connectivity index (χ0v) is 15.8. The zero-order valence-electron chi connectivity index (χ0n) is 15.0. The van der Waals surface area contributed by atoms with Crippen LogP contribution in [0.2, 0.25) is 5.02 Å². The van der Waals surface area contributed by atoms with Gasteiger partial charge in [-0.2, -0.15) is 5.26 Å². The Hall–Kier alpha value is -2.31. The van der Waals surface area contributed by atoms with Crippen LogP contribution in [0.5, 0.6) is 0 Å². The summed E-state index contributed by atoms with van der Waals surface area (Å²) in [7, 11) is 0. The van der Waals surface area contributed by atoms with E-state index in [4.69, 9.17) is 11.6 Å². The number of nitrogens with zero attached hydrogens (tertiary/aromatic N) is 1. The van der Waals surface area contributed by atoms with Crippen molar-refractivity contribution in [3.8, 4) is 6.07 Å². The number of halogens is 1. The largest absolute Gasteiger partial charge is 0.326 e. The lowest BCUT2D eigenvalue weighted by atomic mass is 9.86. The number of carbonyl (C=O) groups excluding carboxylic acids is 1. The molecule has 0 aliphatic rings. The number of anilines is 1. The molecule has 25 heavy (non-hydrogen) atoms. The van der Waals surface area contributed by atoms with Gasteiger partial charge in [-0.1, -0.05) is 49.7 Å². The number of amides is 1. The van der Waals surface area contributed by atoms with Crippen molar-refractivity contribution in [3.05, 3.63) is 64.7 Å². The second kappa shape index (κ2) is 7.72. The summed E-state index contributed by atoms with van der Waals surface area (Å²) in [5.74, 6) is -0.157. The molecule has 130 valence electrons. The van der Waals surface area contributed by atoms with E-state index in [1.165, 1.54) is 0 Å². The highest BCUT2D eigenvalue weighted by Crippen LogP contribution is 2.28. The van der Waals surface area contributed by atoms with E-state index in [0.29, 0.717) is 5.02 Å². The van der Waals surface area contributed by atoms with Gasteiger partial charge >= 0.3 is 0 Å². The van der Waals surface area contributed by atoms with Gasteiger partial charge in [0.25, 0.3) is 0 Å². The Morgan fingerprint density at radius 3 is 2.12 bits per heavy atom. The molecule has 2 rings (SSSR count). The SMILES string of the molecule is CC(C)C(C(=O)Nc1ccc(C(C)(C)C#N)cc1)c1ccc(Cl)cc1. The Bertz CT molecular complexity index is 771. The van der Waals surface area contributed by atoms with Crippen LogP contribution in [0.15, 0.2) is 48.5 Å². The van der Waals surface area contributed by atoms with Crippen LogP contribution in [0, 0.1) is 17.2 Å². The number of benzene rings is 2. The first-order valence-electron chi connectivity index (χ1n) is 8.32. The van der Waals surface area contributed by atoms with E-state index in [-0.39, 0.29) is 17.7 Å². The van der Waals surface area contributed by atoms with E-state index < -0.39 is 5.41 Å². The summed E-state index contributed by atoms with van der Waals surface area (Å²) in [5.41, 5.74) is 2.04. The van der Waals surface area contributed by atoms with E-state index in [1.807, 2.05) is 64.1 Å². The van der Waals surface area contributed by atoms with Crippen LogP contribution in [0.4, 0.5) is 5.69 Å². The Morgan fingerprint density at radius 1 is 1.08 bits per heavy atom. The molecular formula is C21H23ClN2O. The van der Waals surface area contributed by atoms with E-state index in [0.717, 1.165) is 16.8 Å². The van der Waals surface area contributed by atoms with E-state index in [9.17, 15) is 10.1 Å². The highest BCUT2D eigenvalue weighted by atomic mass is 35.5. The third-order valence-corrected chi connectivity index (χ3v) is 4.58. The molecule has 1 amide bonds. The van der Waals surface area contributed by atoms with Crippen LogP contribution in [-0.4, -0.2) is 5.91 Å². The van der Waals surface area contributed by atoms with Crippen molar-refractivity contribution in [2.45, 2.75) is 39.0 Å². The number of nitriles is 1. The molecule has 0 bridgehead atoms. The molecule has 1 atom stereocenters. The van der Waals surface area contributed by atoms with Gasteiger partial charge in [0.2, 0.25) is 5.91 Å². The molecule has 1 N–H and O–H groups in total. The quantitative estimate of drug-likeness (QED) is 0.768. The van der Waals surface area contributed by atoms with Crippen LogP contribution < -0.4 is 5.32 Å². The summed E-state index contributed by atoms with van der Waals surface area (Å²) in [6.45, 7) is 7.79. The molecule has 1 unspecified atom stereocenters. The molecule has 0 spiro atoms. The molecule has 0 aliphatic carbocycles. The first-order valence-corrected chi connectivity index (χ1v) is 8.70. The van der Waals surface area contributed by atoms with E-state index in [1.54, 1.807) is 12.1 Å². The normalized spacial score (nSPS) is 12.5. The van der Waals surface area contributed by atoms with Gasteiger partial charge < -0.3 is 5.32 Å². The van der Waals surface area contributed by atoms with Crippen LogP contribution in [0.25, 0.3) is 0 Å². The zero-order chi connectivity index (χ0) is 18.6. The summed E-state index contributed by atoms with van der Waals surface area (Å²) < 4.78 is 0. The second-order valence-corrected chi connectivity index (χ2v) is 7.51. The first kappa shape index (κ1) is 19.0. The Balaban J connectivity index is 2.19. The summed E-state index contributed by atoms with van der Waals surface area (Å²) in [4.78, 5) is 12.8. The molecule has 0 aliphatic heterocycles. The molecule has 0 radical (unpaired) electrons. The van der Waals surface area contributed by atoms with Crippen LogP contribution in [0.3, 0.4) is 0 Å². The van der Waals surface area contributed by atoms with Gasteiger partial charge in [0.15, 0.2) is 0 Å². The lowest BCUT2D eigenvalue weighted by molar-refractivity contribution is -0.118. The van der Waals surface area contributed by atoms with Crippen molar-refractivity contribution in [1.82, 2.24) is 0 Å². The van der Waals surface area contributed by atoms with Gasteiger partial charge in [0.1, 0.15) is 0 Å². The molecule has 4 heteroatoms. The maximum atomic E-state index is 12.8. The predicted molar refractivity (Wildman–Crippen MR) is 103 cm³/mol. The number of carbonyl (C=O) groups is 1. The number of hydrogen-bond donors (Lipinski definition) is 1. The molecule has 0 aromatic heterocycles. The summed E-state index contributed by atoms with van der Waals surface area (Å²) >= 11 is 5.95. The topological polar surface area (TPSA) is 52.9 Å². The molecule has 2 aromatic rings. The molecule has 0 saturated heterocycles. The maximum Gasteiger partial charge on any atom is 0.232 e. The van der Waals surface area contributed by atoms with Gasteiger partial charge in [-0.25, -0.2) is 0 Å². The van der Waals surface area contributed by atoms with Crippen molar-refractivity contribution in [2.24, 2.45) is 5.92 Å². The minimum atomic E-state index is -0.549. The van der Waals surface area contributed by atoms with Gasteiger partial charge in [-0.15, -0.1) is 0 Å². The average Bonchev–Trinajstić information content (AvgIpc) is 2.57. The predicted octanol–water partition coefficient (Wildman–Crippen LogP) is 5.52. The fourth-order valence-electron chi connectivity index (χ4n) is 2.76. The van der Waals surface area contributed by atoms with E-state index in [2.05, 4.69) is 11.4 Å². The summed E-state index contributed by atoms with van der Waals surface area (Å²) in [6.07, 6.45) is 0. The van der Waals surface area contributed by atoms with Gasteiger partial charge in [-0.05, 0) is 55.2 Å². The fraction of sp³-hybridized carbons (Fsp3) is 0.333. The minimum Gasteiger partial charge on any atom is -0.326 e. The van der Waals surface area contributed by atoms with Gasteiger partial charge in [0, 0.05) is 10.7 Å². The van der Waals surface area contributed by atoms with Gasteiger partial charge in [0.05, 0.1) is 17.4 Å². The van der Waals surface area contributed by atoms with Crippen molar-refractivity contribution < 1.29 is 4.79 Å². The summed E-state index contributed by atoms with van der Waals surface area (Å²) in [5, 5.41) is 12.8. The molecule has 2 aromatic carbocycles. The second-order valence-electron chi connectivity index (χ2n) is 7.08. The average molecular weight is 355 g/mol. The van der Waals surface area contributed by atoms with Crippen LogP contribution >= 0.6 is 11.6 Å². The fourth-order valence-corrected chi connectivity index (χ4v) is 2.89. The number of hydrogen-bond acceptors (Lipinski definition) is 2. The third-order valence-electron chi connectivity index (χ3n) is 4.33. The van der Waals surface area contributed by atoms with Crippen LogP contribution in [0.1, 0.15) is 44.7 Å². The Kier molecular flexibility index (Phi) is 5.87. The van der Waals surface area contributed by atoms with Crippen LogP contribution in [-0.2, 0) is 10.2 Å². The maximum absolute atomic E-state index is 12.8. The third kappa shape index (κ3) is 4.61. The Labute approximate surface area is 154 Å². The molecule has 3 nitrogen and oxygen atoms in total. The lowest BCUT2D eigenvalue weighted by Crippen LogP contribution is -2.25. The van der Waals surface area contributed by atoms with Crippen molar-refractivity contribution >= 4 is 23.2 Å². The minimum absolute atomic E-state index is 0.0513. The highest BCUT2D eigenvalue weighted by molar-refractivity contribution is 6.30. The molecule has 0 saturated carbocycles. The standard InChI is InChI=1S/C21H23ClN2O/c1-14(2)19(15-5-9-17(22)10-6-15)20(25)24-18-11-7-16(8-12-18)21(3,4)13-23/h5-12,14,19H,1-4H3,(H,24,25). The van der Waals surface area contributed by atoms with E-state index >= 15 is 0 Å². The van der Waals surface area contributed by atoms with Crippen molar-refractivity contribution in [3.63, 3.8) is 0 Å². The van der Waals surface area contributed by atoms with Crippen molar-refractivity contribution in [1.29, 1.82) is 5.26 Å².